The summed E-state index contributed by atoms with van der Waals surface area (Å²) in [6.45, 7) is 1.75. The number of benzene rings is 1. The number of aliphatic hydroxyl groups is 1. The highest BCUT2D eigenvalue weighted by Crippen LogP contribution is 2.36. The lowest BCUT2D eigenvalue weighted by atomic mass is 10.1. The van der Waals surface area contributed by atoms with Gasteiger partial charge in [0.2, 0.25) is 0 Å². The quantitative estimate of drug-likeness (QED) is 0.917. The van der Waals surface area contributed by atoms with Crippen molar-refractivity contribution in [2.75, 3.05) is 14.2 Å². The van der Waals surface area contributed by atoms with E-state index >= 15 is 0 Å². The number of methoxy groups -OCH3 is 2. The van der Waals surface area contributed by atoms with Gasteiger partial charge in [-0.1, -0.05) is 0 Å². The molecular formula is C11H15BrO3. The molecule has 1 aromatic rings. The van der Waals surface area contributed by atoms with Gasteiger partial charge in [0.1, 0.15) is 0 Å². The molecule has 1 aromatic carbocycles. The Morgan fingerprint density at radius 1 is 1.33 bits per heavy atom. The molecule has 84 valence electrons. The summed E-state index contributed by atoms with van der Waals surface area (Å²) in [5, 5.41) is 9.30. The lowest BCUT2D eigenvalue weighted by Gasteiger charge is -2.12. The third kappa shape index (κ3) is 3.11. The summed E-state index contributed by atoms with van der Waals surface area (Å²) in [4.78, 5) is 0. The summed E-state index contributed by atoms with van der Waals surface area (Å²) >= 11 is 3.40. The number of rotatable bonds is 4. The molecular weight excluding hydrogens is 260 g/mol. The molecule has 0 saturated heterocycles. The summed E-state index contributed by atoms with van der Waals surface area (Å²) in [5.41, 5.74) is 1.01. The van der Waals surface area contributed by atoms with Crippen molar-refractivity contribution in [3.8, 4) is 11.5 Å². The fourth-order valence-corrected chi connectivity index (χ4v) is 2.08. The highest BCUT2D eigenvalue weighted by Gasteiger charge is 2.11. The van der Waals surface area contributed by atoms with Crippen molar-refractivity contribution >= 4 is 15.9 Å². The fraction of sp³-hybridized carbons (Fsp3) is 0.455. The Morgan fingerprint density at radius 3 is 2.47 bits per heavy atom. The second-order valence-electron chi connectivity index (χ2n) is 3.37. The average Bonchev–Trinajstić information content (AvgIpc) is 2.15. The maximum Gasteiger partial charge on any atom is 0.174 e. The van der Waals surface area contributed by atoms with Crippen LogP contribution >= 0.6 is 15.9 Å². The molecule has 0 heterocycles. The van der Waals surface area contributed by atoms with Crippen LogP contribution in [0.15, 0.2) is 16.6 Å². The largest absolute Gasteiger partial charge is 0.493 e. The van der Waals surface area contributed by atoms with Crippen molar-refractivity contribution in [2.45, 2.75) is 19.4 Å². The fourth-order valence-electron chi connectivity index (χ4n) is 1.43. The van der Waals surface area contributed by atoms with Gasteiger partial charge in [-0.15, -0.1) is 0 Å². The van der Waals surface area contributed by atoms with Gasteiger partial charge in [-0.25, -0.2) is 0 Å². The zero-order valence-corrected chi connectivity index (χ0v) is 10.7. The van der Waals surface area contributed by atoms with Crippen LogP contribution in [0.4, 0.5) is 0 Å². The molecule has 0 aliphatic rings. The van der Waals surface area contributed by atoms with Crippen molar-refractivity contribution in [3.05, 3.63) is 22.2 Å². The molecule has 0 bridgehead atoms. The van der Waals surface area contributed by atoms with E-state index in [1.165, 1.54) is 0 Å². The average molecular weight is 275 g/mol. The highest BCUT2D eigenvalue weighted by atomic mass is 79.9. The molecule has 1 N–H and O–H groups in total. The molecule has 3 nitrogen and oxygen atoms in total. The zero-order valence-electron chi connectivity index (χ0n) is 9.08. The first-order valence-corrected chi connectivity index (χ1v) is 5.46. The van der Waals surface area contributed by atoms with Crippen molar-refractivity contribution < 1.29 is 14.6 Å². The van der Waals surface area contributed by atoms with Crippen molar-refractivity contribution in [2.24, 2.45) is 0 Å². The standard InChI is InChI=1S/C11H15BrO3/c1-7(13)4-8-5-9(12)11(15-3)10(6-8)14-2/h5-7,13H,4H2,1-3H3/t7-/m0/s1. The lowest BCUT2D eigenvalue weighted by molar-refractivity contribution is 0.195. The number of ether oxygens (including phenoxy) is 2. The van der Waals surface area contributed by atoms with E-state index in [-0.39, 0.29) is 6.10 Å². The number of halogens is 1. The zero-order chi connectivity index (χ0) is 11.4. The number of hydrogen-bond donors (Lipinski definition) is 1. The van der Waals surface area contributed by atoms with Crippen molar-refractivity contribution in [1.29, 1.82) is 0 Å². The van der Waals surface area contributed by atoms with Gasteiger partial charge in [-0.3, -0.25) is 0 Å². The first-order chi connectivity index (χ1) is 7.08. The molecule has 15 heavy (non-hydrogen) atoms. The first-order valence-electron chi connectivity index (χ1n) is 4.67. The Morgan fingerprint density at radius 2 is 2.00 bits per heavy atom. The molecule has 0 radical (unpaired) electrons. The molecule has 0 aliphatic carbocycles. The summed E-state index contributed by atoms with van der Waals surface area (Å²) in [6.07, 6.45) is 0.230. The molecule has 0 aromatic heterocycles. The van der Waals surface area contributed by atoms with Crippen LogP contribution in [0.1, 0.15) is 12.5 Å². The topological polar surface area (TPSA) is 38.7 Å². The van der Waals surface area contributed by atoms with Crippen LogP contribution in [-0.2, 0) is 6.42 Å². The Balaban J connectivity index is 3.08. The second kappa shape index (κ2) is 5.37. The van der Waals surface area contributed by atoms with Crippen LogP contribution in [0.5, 0.6) is 11.5 Å². The number of aliphatic hydroxyl groups excluding tert-OH is 1. The molecule has 1 rings (SSSR count). The minimum Gasteiger partial charge on any atom is -0.493 e. The van der Waals surface area contributed by atoms with Gasteiger partial charge in [0.25, 0.3) is 0 Å². The van der Waals surface area contributed by atoms with Crippen LogP contribution in [0.2, 0.25) is 0 Å². The maximum atomic E-state index is 9.30. The Bertz CT molecular complexity index is 337. The molecule has 1 atom stereocenters. The summed E-state index contributed by atoms with van der Waals surface area (Å²) in [6, 6.07) is 3.80. The van der Waals surface area contributed by atoms with Crippen LogP contribution < -0.4 is 9.47 Å². The summed E-state index contributed by atoms with van der Waals surface area (Å²) in [7, 11) is 3.19. The molecule has 0 saturated carbocycles. The molecule has 0 fully saturated rings. The Kier molecular flexibility index (Phi) is 4.42. The molecule has 4 heteroatoms. The van der Waals surface area contributed by atoms with Gasteiger partial charge >= 0.3 is 0 Å². The van der Waals surface area contributed by atoms with Crippen molar-refractivity contribution in [1.82, 2.24) is 0 Å². The maximum absolute atomic E-state index is 9.30. The van der Waals surface area contributed by atoms with E-state index in [1.54, 1.807) is 21.1 Å². The van der Waals surface area contributed by atoms with E-state index in [0.29, 0.717) is 17.9 Å². The number of hydrogen-bond acceptors (Lipinski definition) is 3. The molecule has 0 amide bonds. The van der Waals surface area contributed by atoms with E-state index in [4.69, 9.17) is 9.47 Å². The smallest absolute Gasteiger partial charge is 0.174 e. The minimum absolute atomic E-state index is 0.366. The van der Waals surface area contributed by atoms with Gasteiger partial charge in [-0.05, 0) is 47.0 Å². The SMILES string of the molecule is COc1cc(C[C@H](C)O)cc(Br)c1OC. The van der Waals surface area contributed by atoms with Gasteiger partial charge in [0.05, 0.1) is 24.8 Å². The van der Waals surface area contributed by atoms with E-state index in [9.17, 15) is 5.11 Å². The minimum atomic E-state index is -0.366. The normalized spacial score (nSPS) is 12.3. The van der Waals surface area contributed by atoms with Crippen LogP contribution in [0.25, 0.3) is 0 Å². The predicted molar refractivity (Wildman–Crippen MR) is 62.6 cm³/mol. The molecule has 0 aliphatic heterocycles. The van der Waals surface area contributed by atoms with Crippen LogP contribution in [0, 0.1) is 0 Å². The van der Waals surface area contributed by atoms with Crippen molar-refractivity contribution in [3.63, 3.8) is 0 Å². The van der Waals surface area contributed by atoms with Crippen LogP contribution in [-0.4, -0.2) is 25.4 Å². The third-order valence-corrected chi connectivity index (χ3v) is 2.61. The lowest BCUT2D eigenvalue weighted by Crippen LogP contribution is -2.04. The first kappa shape index (κ1) is 12.3. The van der Waals surface area contributed by atoms with E-state index in [2.05, 4.69) is 15.9 Å². The van der Waals surface area contributed by atoms with Gasteiger partial charge in [0, 0.05) is 0 Å². The Hall–Kier alpha value is -0.740. The highest BCUT2D eigenvalue weighted by molar-refractivity contribution is 9.10. The van der Waals surface area contributed by atoms with Gasteiger partial charge < -0.3 is 14.6 Å². The molecule has 0 unspecified atom stereocenters. The Labute approximate surface area is 98.1 Å². The third-order valence-electron chi connectivity index (χ3n) is 2.02. The summed E-state index contributed by atoms with van der Waals surface area (Å²) < 4.78 is 11.2. The van der Waals surface area contributed by atoms with E-state index in [1.807, 2.05) is 12.1 Å². The van der Waals surface area contributed by atoms with Crippen LogP contribution in [0.3, 0.4) is 0 Å². The van der Waals surface area contributed by atoms with Gasteiger partial charge in [0.15, 0.2) is 11.5 Å². The predicted octanol–water partition coefficient (Wildman–Crippen LogP) is 2.39. The van der Waals surface area contributed by atoms with E-state index in [0.717, 1.165) is 10.0 Å². The monoisotopic (exact) mass is 274 g/mol. The molecule has 0 spiro atoms. The second-order valence-corrected chi connectivity index (χ2v) is 4.22. The summed E-state index contributed by atoms with van der Waals surface area (Å²) in [5.74, 6) is 1.34. The van der Waals surface area contributed by atoms with E-state index < -0.39 is 0 Å². The van der Waals surface area contributed by atoms with Gasteiger partial charge in [-0.2, -0.15) is 0 Å².